The Kier molecular flexibility index (Phi) is 5.89. The molecule has 24 heavy (non-hydrogen) atoms. The molecule has 0 saturated carbocycles. The van der Waals surface area contributed by atoms with E-state index in [0.29, 0.717) is 15.2 Å². The minimum Gasteiger partial charge on any atom is -0.457 e. The lowest BCUT2D eigenvalue weighted by molar-refractivity contribution is -0.0258. The average Bonchev–Trinajstić information content (AvgIpc) is 2.60. The van der Waals surface area contributed by atoms with E-state index in [1.54, 1.807) is 12.1 Å². The molecule has 0 fully saturated rings. The second-order valence-electron chi connectivity index (χ2n) is 4.69. The zero-order chi connectivity index (χ0) is 17.7. The zero-order valence-corrected chi connectivity index (χ0v) is 14.5. The molecule has 0 bridgehead atoms. The highest BCUT2D eigenvalue weighted by Gasteiger charge is 2.22. The van der Waals surface area contributed by atoms with Crippen molar-refractivity contribution in [2.45, 2.75) is 11.5 Å². The van der Waals surface area contributed by atoms with Gasteiger partial charge in [-0.15, -0.1) is 0 Å². The Morgan fingerprint density at radius 3 is 2.67 bits per heavy atom. The van der Waals surface area contributed by atoms with Gasteiger partial charge in [0.1, 0.15) is 11.8 Å². The Bertz CT molecular complexity index is 824. The Labute approximate surface area is 144 Å². The minimum absolute atomic E-state index is 0.00203. The molecular formula is C15H15ClN2O5S. The molecule has 0 aliphatic rings. The summed E-state index contributed by atoms with van der Waals surface area (Å²) in [4.78, 5) is 20.6. The molecule has 0 N–H and O–H groups in total. The first kappa shape index (κ1) is 18.3. The predicted octanol–water partition coefficient (Wildman–Crippen LogP) is 2.27. The number of esters is 1. The highest BCUT2D eigenvalue weighted by molar-refractivity contribution is 7.89. The molecule has 9 heteroatoms. The summed E-state index contributed by atoms with van der Waals surface area (Å²) in [6.07, 6.45) is 1.49. The Hall–Kier alpha value is -2.00. The van der Waals surface area contributed by atoms with Gasteiger partial charge in [0.15, 0.2) is 0 Å². The molecule has 1 aromatic heterocycles. The van der Waals surface area contributed by atoms with Crippen molar-refractivity contribution in [3.63, 3.8) is 0 Å². The molecule has 0 aliphatic carbocycles. The van der Waals surface area contributed by atoms with Gasteiger partial charge in [-0.05, 0) is 24.3 Å². The highest BCUT2D eigenvalue weighted by Crippen LogP contribution is 2.17. The normalized spacial score (nSPS) is 11.5. The number of ether oxygens (including phenoxy) is 1. The Balaban J connectivity index is 2.13. The number of sulfonamides is 1. The van der Waals surface area contributed by atoms with Gasteiger partial charge in [-0.1, -0.05) is 28.2 Å². The van der Waals surface area contributed by atoms with Gasteiger partial charge in [0.05, 0.1) is 17.6 Å². The summed E-state index contributed by atoms with van der Waals surface area (Å²) < 4.78 is 30.2. The fraction of sp³-hybridized carbons (Fsp3) is 0.200. The van der Waals surface area contributed by atoms with Crippen LogP contribution in [0.5, 0.6) is 0 Å². The van der Waals surface area contributed by atoms with E-state index >= 15 is 0 Å². The molecular weight excluding hydrogens is 356 g/mol. The molecule has 1 heterocycles. The largest absolute Gasteiger partial charge is 0.457 e. The summed E-state index contributed by atoms with van der Waals surface area (Å²) >= 11 is 5.68. The number of nitrogens with zero attached hydrogens (tertiary/aromatic N) is 2. The van der Waals surface area contributed by atoms with E-state index in [-0.39, 0.29) is 17.1 Å². The Morgan fingerprint density at radius 1 is 1.29 bits per heavy atom. The van der Waals surface area contributed by atoms with Gasteiger partial charge >= 0.3 is 5.97 Å². The van der Waals surface area contributed by atoms with Crippen LogP contribution in [-0.2, 0) is 26.2 Å². The van der Waals surface area contributed by atoms with Crippen LogP contribution in [0, 0.1) is 0 Å². The van der Waals surface area contributed by atoms with Gasteiger partial charge in [-0.25, -0.2) is 18.2 Å². The van der Waals surface area contributed by atoms with Crippen LogP contribution in [0.25, 0.3) is 0 Å². The molecule has 0 unspecified atom stereocenters. The van der Waals surface area contributed by atoms with Crippen molar-refractivity contribution in [1.29, 1.82) is 0 Å². The van der Waals surface area contributed by atoms with Gasteiger partial charge in [-0.3, -0.25) is 4.84 Å². The second-order valence-corrected chi connectivity index (χ2v) is 7.01. The molecule has 0 aliphatic heterocycles. The number of halogens is 1. The van der Waals surface area contributed by atoms with E-state index in [0.717, 1.165) is 0 Å². The molecule has 0 atom stereocenters. The number of aromatic nitrogens is 1. The molecule has 1 aromatic carbocycles. The van der Waals surface area contributed by atoms with E-state index in [2.05, 4.69) is 4.98 Å². The first-order chi connectivity index (χ1) is 11.3. The number of pyridine rings is 1. The van der Waals surface area contributed by atoms with Gasteiger partial charge in [-0.2, -0.15) is 0 Å². The van der Waals surface area contributed by atoms with Crippen molar-refractivity contribution in [3.05, 3.63) is 58.9 Å². The van der Waals surface area contributed by atoms with Crippen molar-refractivity contribution in [2.75, 3.05) is 14.2 Å². The standard InChI is InChI=1S/C15H15ClN2O5S/c1-18(22-2)24(20,21)13-5-3-4-12(8-13)15(19)23-10-11-6-7-14(16)17-9-11/h3-9H,10H2,1-2H3. The lowest BCUT2D eigenvalue weighted by Crippen LogP contribution is -2.25. The third-order valence-electron chi connectivity index (χ3n) is 3.12. The van der Waals surface area contributed by atoms with E-state index < -0.39 is 16.0 Å². The molecule has 0 radical (unpaired) electrons. The van der Waals surface area contributed by atoms with Crippen molar-refractivity contribution in [1.82, 2.24) is 9.45 Å². The third kappa shape index (κ3) is 4.30. The monoisotopic (exact) mass is 370 g/mol. The number of rotatable bonds is 6. The van der Waals surface area contributed by atoms with Gasteiger partial charge in [0.2, 0.25) is 0 Å². The maximum absolute atomic E-state index is 12.2. The molecule has 0 amide bonds. The number of carbonyl (C=O) groups excluding carboxylic acids is 1. The lowest BCUT2D eigenvalue weighted by atomic mass is 10.2. The first-order valence-electron chi connectivity index (χ1n) is 6.75. The summed E-state index contributed by atoms with van der Waals surface area (Å²) in [5, 5.41) is 0.338. The summed E-state index contributed by atoms with van der Waals surface area (Å²) in [6, 6.07) is 8.78. The number of hydrogen-bond donors (Lipinski definition) is 0. The smallest absolute Gasteiger partial charge is 0.338 e. The average molecular weight is 371 g/mol. The number of hydrogen-bond acceptors (Lipinski definition) is 6. The summed E-state index contributed by atoms with van der Waals surface area (Å²) in [7, 11) is -1.35. The molecule has 0 saturated heterocycles. The maximum Gasteiger partial charge on any atom is 0.338 e. The number of carbonyl (C=O) groups is 1. The third-order valence-corrected chi connectivity index (χ3v) is 5.02. The first-order valence-corrected chi connectivity index (χ1v) is 8.57. The van der Waals surface area contributed by atoms with Gasteiger partial charge in [0.25, 0.3) is 10.0 Å². The van der Waals surface area contributed by atoms with Crippen LogP contribution < -0.4 is 0 Å². The number of benzene rings is 1. The topological polar surface area (TPSA) is 85.8 Å². The molecule has 2 rings (SSSR count). The zero-order valence-electron chi connectivity index (χ0n) is 13.0. The summed E-state index contributed by atoms with van der Waals surface area (Å²) in [5.41, 5.74) is 0.776. The van der Waals surface area contributed by atoms with Crippen LogP contribution in [0.15, 0.2) is 47.5 Å². The predicted molar refractivity (Wildman–Crippen MR) is 86.8 cm³/mol. The van der Waals surface area contributed by atoms with Crippen LogP contribution in [0.1, 0.15) is 15.9 Å². The van der Waals surface area contributed by atoms with E-state index in [4.69, 9.17) is 21.2 Å². The van der Waals surface area contributed by atoms with Crippen molar-refractivity contribution < 1.29 is 22.8 Å². The Morgan fingerprint density at radius 2 is 2.04 bits per heavy atom. The quantitative estimate of drug-likeness (QED) is 0.440. The van der Waals surface area contributed by atoms with Gasteiger partial charge < -0.3 is 4.74 Å². The van der Waals surface area contributed by atoms with E-state index in [9.17, 15) is 13.2 Å². The SMILES string of the molecule is CON(C)S(=O)(=O)c1cccc(C(=O)OCc2ccc(Cl)nc2)c1. The van der Waals surface area contributed by atoms with Gasteiger partial charge in [0, 0.05) is 18.8 Å². The van der Waals surface area contributed by atoms with Crippen LogP contribution >= 0.6 is 11.6 Å². The lowest BCUT2D eigenvalue weighted by Gasteiger charge is -2.14. The van der Waals surface area contributed by atoms with Crippen LogP contribution in [0.3, 0.4) is 0 Å². The molecule has 0 spiro atoms. The van der Waals surface area contributed by atoms with Crippen molar-refractivity contribution in [3.8, 4) is 0 Å². The van der Waals surface area contributed by atoms with Crippen LogP contribution in [0.2, 0.25) is 5.15 Å². The van der Waals surface area contributed by atoms with Crippen molar-refractivity contribution >= 4 is 27.6 Å². The van der Waals surface area contributed by atoms with Crippen LogP contribution in [0.4, 0.5) is 0 Å². The fourth-order valence-corrected chi connectivity index (χ4v) is 2.89. The fourth-order valence-electron chi connectivity index (χ4n) is 1.75. The summed E-state index contributed by atoms with van der Waals surface area (Å²) in [6.45, 7) is -0.00203. The van der Waals surface area contributed by atoms with E-state index in [1.165, 1.54) is 44.6 Å². The minimum atomic E-state index is -3.84. The molecule has 7 nitrogen and oxygen atoms in total. The summed E-state index contributed by atoms with van der Waals surface area (Å²) in [5.74, 6) is -0.651. The second kappa shape index (κ2) is 7.71. The van der Waals surface area contributed by atoms with Crippen LogP contribution in [-0.4, -0.2) is 38.0 Å². The molecule has 128 valence electrons. The van der Waals surface area contributed by atoms with E-state index in [1.807, 2.05) is 0 Å². The molecule has 2 aromatic rings. The highest BCUT2D eigenvalue weighted by atomic mass is 35.5. The van der Waals surface area contributed by atoms with Crippen molar-refractivity contribution in [2.24, 2.45) is 0 Å². The number of hydroxylamine groups is 1. The maximum atomic E-state index is 12.2.